The maximum absolute atomic E-state index is 14.0. The molecule has 0 unspecified atom stereocenters. The van der Waals surface area contributed by atoms with Crippen molar-refractivity contribution in [1.82, 2.24) is 15.3 Å². The third kappa shape index (κ3) is 6.86. The van der Waals surface area contributed by atoms with Crippen LogP contribution < -0.4 is 16.0 Å². The third-order valence-corrected chi connectivity index (χ3v) is 5.32. The number of nitrogens with one attached hydrogen (secondary N) is 3. The highest BCUT2D eigenvalue weighted by molar-refractivity contribution is 7.16. The van der Waals surface area contributed by atoms with E-state index >= 15 is 0 Å². The van der Waals surface area contributed by atoms with E-state index in [9.17, 15) is 14.3 Å². The summed E-state index contributed by atoms with van der Waals surface area (Å²) < 4.78 is 15.0. The van der Waals surface area contributed by atoms with Gasteiger partial charge in [0.15, 0.2) is 0 Å². The molecule has 0 aliphatic carbocycles. The minimum absolute atomic E-state index is 0.287. The summed E-state index contributed by atoms with van der Waals surface area (Å²) >= 11 is 1.56. The molecule has 7 nitrogen and oxygen atoms in total. The number of halogens is 1. The van der Waals surface area contributed by atoms with Crippen LogP contribution in [0.25, 0.3) is 10.2 Å². The fourth-order valence-corrected chi connectivity index (χ4v) is 3.43. The molecule has 0 spiro atoms. The van der Waals surface area contributed by atoms with Crippen LogP contribution in [0.3, 0.4) is 0 Å². The first kappa shape index (κ1) is 25.5. The van der Waals surface area contributed by atoms with Crippen LogP contribution in [0.1, 0.15) is 51.4 Å². The first-order valence-corrected chi connectivity index (χ1v) is 11.6. The fraction of sp³-hybridized carbons (Fsp3) is 0.435. The van der Waals surface area contributed by atoms with Gasteiger partial charge in [0.1, 0.15) is 12.0 Å². The second kappa shape index (κ2) is 11.7. The van der Waals surface area contributed by atoms with Crippen molar-refractivity contribution in [2.24, 2.45) is 0 Å². The molecule has 174 valence electrons. The summed E-state index contributed by atoms with van der Waals surface area (Å²) in [6.45, 7) is 9.14. The number of alkyl halides is 1. The van der Waals surface area contributed by atoms with Gasteiger partial charge in [0.2, 0.25) is 0 Å². The van der Waals surface area contributed by atoms with E-state index in [1.54, 1.807) is 22.9 Å². The number of benzene rings is 1. The van der Waals surface area contributed by atoms with Gasteiger partial charge in [-0.15, -0.1) is 11.3 Å². The lowest BCUT2D eigenvalue weighted by molar-refractivity contribution is -0.00177. The van der Waals surface area contributed by atoms with Crippen molar-refractivity contribution < 1.29 is 14.3 Å². The van der Waals surface area contributed by atoms with E-state index in [1.807, 2.05) is 39.0 Å². The number of aliphatic hydroxyl groups is 1. The van der Waals surface area contributed by atoms with Gasteiger partial charge >= 0.3 is 0 Å². The molecule has 1 atom stereocenters. The number of thiazole rings is 1. The van der Waals surface area contributed by atoms with E-state index in [0.717, 1.165) is 22.3 Å². The SMILES string of the molecule is CC.CCCNc1cc(Nc2ccc3ncsc3c2)ncc1C(=O)NC[C@@H](F)C(C)(C)O. The normalized spacial score (nSPS) is 12.0. The second-order valence-corrected chi connectivity index (χ2v) is 8.42. The Balaban J connectivity index is 0.00000176. The maximum Gasteiger partial charge on any atom is 0.255 e. The van der Waals surface area contributed by atoms with Gasteiger partial charge in [-0.1, -0.05) is 20.8 Å². The van der Waals surface area contributed by atoms with Crippen molar-refractivity contribution in [1.29, 1.82) is 0 Å². The largest absolute Gasteiger partial charge is 0.387 e. The average molecular weight is 462 g/mol. The molecule has 2 aromatic heterocycles. The van der Waals surface area contributed by atoms with Gasteiger partial charge < -0.3 is 21.1 Å². The number of hydrogen-bond acceptors (Lipinski definition) is 7. The van der Waals surface area contributed by atoms with Crippen molar-refractivity contribution in [2.45, 2.75) is 52.8 Å². The van der Waals surface area contributed by atoms with Crippen LogP contribution in [0.15, 0.2) is 36.0 Å². The zero-order valence-electron chi connectivity index (χ0n) is 19.2. The lowest BCUT2D eigenvalue weighted by Crippen LogP contribution is -2.42. The number of hydrogen-bond donors (Lipinski definition) is 4. The number of carbonyl (C=O) groups excluding carboxylic acids is 1. The Kier molecular flexibility index (Phi) is 9.34. The number of rotatable bonds is 9. The molecule has 4 N–H and O–H groups in total. The Morgan fingerprint density at radius 3 is 2.69 bits per heavy atom. The topological polar surface area (TPSA) is 99.2 Å². The zero-order valence-corrected chi connectivity index (χ0v) is 20.0. The highest BCUT2D eigenvalue weighted by Gasteiger charge is 2.27. The molecule has 32 heavy (non-hydrogen) atoms. The summed E-state index contributed by atoms with van der Waals surface area (Å²) in [6, 6.07) is 7.60. The summed E-state index contributed by atoms with van der Waals surface area (Å²) in [7, 11) is 0. The Bertz CT molecular complexity index is 1020. The molecule has 9 heteroatoms. The molecule has 3 aromatic rings. The first-order valence-electron chi connectivity index (χ1n) is 10.8. The van der Waals surface area contributed by atoms with E-state index in [-0.39, 0.29) is 6.54 Å². The fourth-order valence-electron chi connectivity index (χ4n) is 2.72. The number of pyridine rings is 1. The third-order valence-electron chi connectivity index (χ3n) is 4.53. The molecule has 0 aliphatic heterocycles. The van der Waals surface area contributed by atoms with E-state index in [2.05, 4.69) is 25.9 Å². The number of fused-ring (bicyclic) bond motifs is 1. The van der Waals surface area contributed by atoms with E-state index < -0.39 is 17.7 Å². The molecule has 0 aliphatic rings. The molecule has 0 fully saturated rings. The van der Waals surface area contributed by atoms with Gasteiger partial charge in [0.25, 0.3) is 5.91 Å². The molecule has 0 radical (unpaired) electrons. The van der Waals surface area contributed by atoms with E-state index in [4.69, 9.17) is 0 Å². The van der Waals surface area contributed by atoms with Crippen LogP contribution in [-0.2, 0) is 0 Å². The second-order valence-electron chi connectivity index (χ2n) is 7.53. The molecule has 1 aromatic carbocycles. The molecule has 0 bridgehead atoms. The van der Waals surface area contributed by atoms with Crippen LogP contribution in [0, 0.1) is 0 Å². The highest BCUT2D eigenvalue weighted by atomic mass is 32.1. The van der Waals surface area contributed by atoms with Crippen molar-refractivity contribution in [3.8, 4) is 0 Å². The van der Waals surface area contributed by atoms with Gasteiger partial charge in [-0.05, 0) is 38.5 Å². The monoisotopic (exact) mass is 461 g/mol. The lowest BCUT2D eigenvalue weighted by atomic mass is 10.0. The van der Waals surface area contributed by atoms with Crippen LogP contribution in [0.5, 0.6) is 0 Å². The molecule has 0 saturated heterocycles. The number of anilines is 3. The molecular weight excluding hydrogens is 429 g/mol. The van der Waals surface area contributed by atoms with Crippen molar-refractivity contribution in [3.63, 3.8) is 0 Å². The van der Waals surface area contributed by atoms with Crippen LogP contribution in [0.4, 0.5) is 21.6 Å². The molecule has 1 amide bonds. The Morgan fingerprint density at radius 2 is 2.00 bits per heavy atom. The first-order chi connectivity index (χ1) is 15.3. The summed E-state index contributed by atoms with van der Waals surface area (Å²) in [6.07, 6.45) is 0.751. The van der Waals surface area contributed by atoms with E-state index in [0.29, 0.717) is 23.6 Å². The molecule has 2 heterocycles. The van der Waals surface area contributed by atoms with E-state index in [1.165, 1.54) is 20.0 Å². The highest BCUT2D eigenvalue weighted by Crippen LogP contribution is 2.26. The minimum atomic E-state index is -1.58. The summed E-state index contributed by atoms with van der Waals surface area (Å²) in [5, 5.41) is 18.7. The standard InChI is InChI=1S/C21H26FN5O2S.C2H6/c1-4-7-23-16-9-19(27-13-5-6-15-17(8-13)30-12-26-15)24-10-14(16)20(28)25-11-18(22)21(2,3)29;1-2/h5-6,8-10,12,18,29H,4,7,11H2,1-3H3,(H,25,28)(H2,23,24,27);1-2H3/t18-;/m1./s1. The average Bonchev–Trinajstić information content (AvgIpc) is 3.24. The molecular formula is C23H32FN5O2S. The van der Waals surface area contributed by atoms with Gasteiger partial charge in [0, 0.05) is 24.5 Å². The Labute approximate surface area is 192 Å². The molecule has 0 saturated carbocycles. The van der Waals surface area contributed by atoms with Crippen molar-refractivity contribution in [2.75, 3.05) is 23.7 Å². The minimum Gasteiger partial charge on any atom is -0.387 e. The summed E-state index contributed by atoms with van der Waals surface area (Å²) in [5.41, 5.74) is 2.99. The lowest BCUT2D eigenvalue weighted by Gasteiger charge is -2.22. The smallest absolute Gasteiger partial charge is 0.255 e. The van der Waals surface area contributed by atoms with Gasteiger partial charge in [-0.3, -0.25) is 4.79 Å². The number of amides is 1. The quantitative estimate of drug-likeness (QED) is 0.353. The number of carbonyl (C=O) groups is 1. The number of nitrogens with zero attached hydrogens (tertiary/aromatic N) is 2. The van der Waals surface area contributed by atoms with Crippen LogP contribution >= 0.6 is 11.3 Å². The van der Waals surface area contributed by atoms with Gasteiger partial charge in [-0.25, -0.2) is 14.4 Å². The van der Waals surface area contributed by atoms with Crippen LogP contribution in [0.2, 0.25) is 0 Å². The summed E-state index contributed by atoms with van der Waals surface area (Å²) in [4.78, 5) is 21.2. The molecule has 3 rings (SSSR count). The zero-order chi connectivity index (χ0) is 23.7. The summed E-state index contributed by atoms with van der Waals surface area (Å²) in [5.74, 6) is 0.125. The van der Waals surface area contributed by atoms with Crippen molar-refractivity contribution >= 4 is 44.7 Å². The predicted molar refractivity (Wildman–Crippen MR) is 131 cm³/mol. The maximum atomic E-state index is 14.0. The van der Waals surface area contributed by atoms with Gasteiger partial charge in [0.05, 0.1) is 39.1 Å². The number of aromatic nitrogens is 2. The van der Waals surface area contributed by atoms with Gasteiger partial charge in [-0.2, -0.15) is 0 Å². The van der Waals surface area contributed by atoms with Crippen LogP contribution in [-0.4, -0.2) is 45.8 Å². The Hall–Kier alpha value is -2.78. The van der Waals surface area contributed by atoms with Crippen molar-refractivity contribution in [3.05, 3.63) is 41.5 Å². The predicted octanol–water partition coefficient (Wildman–Crippen LogP) is 5.12. The Morgan fingerprint density at radius 1 is 1.25 bits per heavy atom.